The van der Waals surface area contributed by atoms with Gasteiger partial charge in [-0.25, -0.2) is 0 Å². The van der Waals surface area contributed by atoms with Crippen LogP contribution in [0.5, 0.6) is 0 Å². The maximum absolute atomic E-state index is 10.6. The number of rotatable bonds is 2. The first-order valence-corrected chi connectivity index (χ1v) is 4.06. The fourth-order valence-electron chi connectivity index (χ4n) is 0.968. The summed E-state index contributed by atoms with van der Waals surface area (Å²) in [6, 6.07) is 0. The monoisotopic (exact) mass is 163 g/mol. The molecule has 0 aromatic rings. The van der Waals surface area contributed by atoms with Gasteiger partial charge in [-0.15, -0.1) is 0 Å². The molecule has 0 bridgehead atoms. The van der Waals surface area contributed by atoms with Crippen molar-refractivity contribution in [1.82, 2.24) is 5.32 Å². The van der Waals surface area contributed by atoms with Gasteiger partial charge in [-0.1, -0.05) is 30.4 Å². The summed E-state index contributed by atoms with van der Waals surface area (Å²) in [5.41, 5.74) is 1.14. The number of hydrogen-bond donors (Lipinski definition) is 1. The SMILES string of the molecule is CC(=O)NCC1=CC=CCC=C1. The Kier molecular flexibility index (Phi) is 3.33. The molecule has 12 heavy (non-hydrogen) atoms. The molecule has 0 aromatic carbocycles. The third-order valence-electron chi connectivity index (χ3n) is 1.59. The van der Waals surface area contributed by atoms with Crippen molar-refractivity contribution >= 4 is 5.91 Å². The first kappa shape index (κ1) is 8.78. The zero-order chi connectivity index (χ0) is 8.81. The molecule has 0 atom stereocenters. The minimum Gasteiger partial charge on any atom is -0.352 e. The number of nitrogens with one attached hydrogen (secondary N) is 1. The van der Waals surface area contributed by atoms with Crippen molar-refractivity contribution in [1.29, 1.82) is 0 Å². The lowest BCUT2D eigenvalue weighted by molar-refractivity contribution is -0.118. The molecule has 0 aromatic heterocycles. The van der Waals surface area contributed by atoms with Gasteiger partial charge >= 0.3 is 0 Å². The van der Waals surface area contributed by atoms with Gasteiger partial charge in [0.25, 0.3) is 0 Å². The lowest BCUT2D eigenvalue weighted by atomic mass is 10.2. The third-order valence-corrected chi connectivity index (χ3v) is 1.59. The van der Waals surface area contributed by atoms with Crippen LogP contribution in [0.1, 0.15) is 13.3 Å². The highest BCUT2D eigenvalue weighted by Gasteiger charge is 1.94. The fourth-order valence-corrected chi connectivity index (χ4v) is 0.968. The number of hydrogen-bond acceptors (Lipinski definition) is 1. The summed E-state index contributed by atoms with van der Waals surface area (Å²) in [6.45, 7) is 2.15. The number of carbonyl (C=O) groups excluding carboxylic acids is 1. The van der Waals surface area contributed by atoms with Crippen molar-refractivity contribution in [3.05, 3.63) is 36.0 Å². The highest BCUT2D eigenvalue weighted by atomic mass is 16.1. The Morgan fingerprint density at radius 1 is 1.58 bits per heavy atom. The van der Waals surface area contributed by atoms with E-state index in [1.807, 2.05) is 18.2 Å². The first-order valence-electron chi connectivity index (χ1n) is 4.06. The van der Waals surface area contributed by atoms with Crippen LogP contribution in [0.4, 0.5) is 0 Å². The average molecular weight is 163 g/mol. The molecule has 0 saturated heterocycles. The summed E-state index contributed by atoms with van der Waals surface area (Å²) in [4.78, 5) is 10.6. The summed E-state index contributed by atoms with van der Waals surface area (Å²) >= 11 is 0. The Morgan fingerprint density at radius 2 is 2.42 bits per heavy atom. The van der Waals surface area contributed by atoms with Crippen molar-refractivity contribution < 1.29 is 4.79 Å². The molecule has 1 N–H and O–H groups in total. The zero-order valence-electron chi connectivity index (χ0n) is 7.21. The Bertz CT molecular complexity index is 249. The molecular weight excluding hydrogens is 150 g/mol. The predicted octanol–water partition coefficient (Wildman–Crippen LogP) is 1.56. The largest absolute Gasteiger partial charge is 0.352 e. The topological polar surface area (TPSA) is 29.1 Å². The van der Waals surface area contributed by atoms with Gasteiger partial charge in [0.2, 0.25) is 5.91 Å². The molecule has 1 aliphatic carbocycles. The van der Waals surface area contributed by atoms with E-state index in [1.54, 1.807) is 0 Å². The molecule has 1 amide bonds. The van der Waals surface area contributed by atoms with E-state index >= 15 is 0 Å². The van der Waals surface area contributed by atoms with Crippen LogP contribution in [-0.4, -0.2) is 12.5 Å². The molecule has 64 valence electrons. The molecule has 1 aliphatic rings. The highest BCUT2D eigenvalue weighted by Crippen LogP contribution is 2.02. The second kappa shape index (κ2) is 4.54. The molecule has 0 unspecified atom stereocenters. The van der Waals surface area contributed by atoms with Crippen LogP contribution in [0.15, 0.2) is 36.0 Å². The summed E-state index contributed by atoms with van der Waals surface area (Å²) in [7, 11) is 0. The van der Waals surface area contributed by atoms with Gasteiger partial charge in [0.1, 0.15) is 0 Å². The first-order chi connectivity index (χ1) is 5.79. The quantitative estimate of drug-likeness (QED) is 0.657. The minimum absolute atomic E-state index is 0.0116. The Balaban J connectivity index is 2.45. The molecule has 0 fully saturated rings. The minimum atomic E-state index is 0.0116. The van der Waals surface area contributed by atoms with E-state index in [1.165, 1.54) is 6.92 Å². The Hall–Kier alpha value is -1.31. The van der Waals surface area contributed by atoms with E-state index in [2.05, 4.69) is 17.5 Å². The fraction of sp³-hybridized carbons (Fsp3) is 0.300. The molecule has 0 aliphatic heterocycles. The van der Waals surface area contributed by atoms with E-state index in [9.17, 15) is 4.79 Å². The summed E-state index contributed by atoms with van der Waals surface area (Å²) in [5.74, 6) is 0.0116. The van der Waals surface area contributed by atoms with Crippen LogP contribution < -0.4 is 5.32 Å². The van der Waals surface area contributed by atoms with Crippen LogP contribution in [0.3, 0.4) is 0 Å². The molecule has 2 nitrogen and oxygen atoms in total. The van der Waals surface area contributed by atoms with Crippen LogP contribution in [-0.2, 0) is 4.79 Å². The van der Waals surface area contributed by atoms with Gasteiger partial charge in [0, 0.05) is 13.5 Å². The molecule has 0 saturated carbocycles. The Morgan fingerprint density at radius 3 is 3.17 bits per heavy atom. The van der Waals surface area contributed by atoms with Gasteiger partial charge in [0.05, 0.1) is 0 Å². The number of allylic oxidation sites excluding steroid dienone is 4. The third kappa shape index (κ3) is 3.19. The van der Waals surface area contributed by atoms with Crippen molar-refractivity contribution in [2.75, 3.05) is 6.54 Å². The zero-order valence-corrected chi connectivity index (χ0v) is 7.21. The van der Waals surface area contributed by atoms with Gasteiger partial charge < -0.3 is 5.32 Å². The van der Waals surface area contributed by atoms with Gasteiger partial charge in [0.15, 0.2) is 0 Å². The van der Waals surface area contributed by atoms with Crippen LogP contribution in [0.2, 0.25) is 0 Å². The van der Waals surface area contributed by atoms with Crippen molar-refractivity contribution in [2.45, 2.75) is 13.3 Å². The maximum Gasteiger partial charge on any atom is 0.217 e. The lowest BCUT2D eigenvalue weighted by Gasteiger charge is -2.00. The highest BCUT2D eigenvalue weighted by molar-refractivity contribution is 5.73. The normalized spacial score (nSPS) is 15.2. The van der Waals surface area contributed by atoms with Crippen LogP contribution >= 0.6 is 0 Å². The van der Waals surface area contributed by atoms with E-state index in [0.717, 1.165) is 12.0 Å². The molecular formula is C10H13NO. The van der Waals surface area contributed by atoms with Crippen molar-refractivity contribution in [2.24, 2.45) is 0 Å². The predicted molar refractivity (Wildman–Crippen MR) is 49.7 cm³/mol. The smallest absolute Gasteiger partial charge is 0.217 e. The molecule has 0 heterocycles. The summed E-state index contributed by atoms with van der Waals surface area (Å²) in [6.07, 6.45) is 11.2. The summed E-state index contributed by atoms with van der Waals surface area (Å²) < 4.78 is 0. The Labute approximate surface area is 72.7 Å². The molecule has 2 heteroatoms. The van der Waals surface area contributed by atoms with Crippen molar-refractivity contribution in [3.8, 4) is 0 Å². The average Bonchev–Trinajstić information content (AvgIpc) is 2.28. The summed E-state index contributed by atoms with van der Waals surface area (Å²) in [5, 5.41) is 2.75. The van der Waals surface area contributed by atoms with E-state index in [4.69, 9.17) is 0 Å². The van der Waals surface area contributed by atoms with E-state index in [0.29, 0.717) is 6.54 Å². The van der Waals surface area contributed by atoms with Crippen LogP contribution in [0.25, 0.3) is 0 Å². The van der Waals surface area contributed by atoms with Gasteiger partial charge in [-0.3, -0.25) is 4.79 Å². The van der Waals surface area contributed by atoms with E-state index in [-0.39, 0.29) is 5.91 Å². The second-order valence-corrected chi connectivity index (χ2v) is 2.72. The van der Waals surface area contributed by atoms with Crippen molar-refractivity contribution in [3.63, 3.8) is 0 Å². The number of amides is 1. The molecule has 1 rings (SSSR count). The van der Waals surface area contributed by atoms with Gasteiger partial charge in [-0.2, -0.15) is 0 Å². The molecule has 0 radical (unpaired) electrons. The molecule has 0 spiro atoms. The standard InChI is InChI=1S/C10H13NO/c1-9(12)11-8-10-6-4-2-3-5-7-10/h2,4-7H,3,8H2,1H3,(H,11,12). The lowest BCUT2D eigenvalue weighted by Crippen LogP contribution is -2.21. The van der Waals surface area contributed by atoms with Crippen LogP contribution in [0, 0.1) is 0 Å². The van der Waals surface area contributed by atoms with E-state index < -0.39 is 0 Å². The van der Waals surface area contributed by atoms with Gasteiger partial charge in [-0.05, 0) is 12.0 Å². The second-order valence-electron chi connectivity index (χ2n) is 2.72. The maximum atomic E-state index is 10.6. The number of carbonyl (C=O) groups is 1.